The number of rotatable bonds is 3. The predicted molar refractivity (Wildman–Crippen MR) is 104 cm³/mol. The molecule has 3 heterocycles. The summed E-state index contributed by atoms with van der Waals surface area (Å²) in [6.45, 7) is 4.34. The molecule has 0 aliphatic carbocycles. The zero-order chi connectivity index (χ0) is 20.5. The summed E-state index contributed by atoms with van der Waals surface area (Å²) < 4.78 is 33.5. The molecule has 0 aromatic heterocycles. The van der Waals surface area contributed by atoms with E-state index in [0.29, 0.717) is 17.3 Å². The van der Waals surface area contributed by atoms with Crippen molar-refractivity contribution in [1.29, 1.82) is 0 Å². The molecular weight excluding hydrogens is 400 g/mol. The van der Waals surface area contributed by atoms with Crippen LogP contribution in [-0.4, -0.2) is 29.2 Å². The lowest BCUT2D eigenvalue weighted by Crippen LogP contribution is -2.45. The molecule has 5 rings (SSSR count). The van der Waals surface area contributed by atoms with Crippen LogP contribution in [-0.2, 0) is 16.8 Å². The van der Waals surface area contributed by atoms with Gasteiger partial charge in [-0.05, 0) is 42.5 Å². The van der Waals surface area contributed by atoms with Crippen molar-refractivity contribution in [2.45, 2.75) is 31.9 Å². The van der Waals surface area contributed by atoms with Crippen molar-refractivity contribution >= 4 is 17.3 Å². The molecule has 0 amide bonds. The van der Waals surface area contributed by atoms with Crippen molar-refractivity contribution in [2.75, 3.05) is 18.2 Å². The summed E-state index contributed by atoms with van der Waals surface area (Å²) in [7, 11) is 0. The van der Waals surface area contributed by atoms with Crippen LogP contribution in [0.2, 0.25) is 5.02 Å². The summed E-state index contributed by atoms with van der Waals surface area (Å²) in [5.41, 5.74) is 2.17. The number of hydrogen-bond donors (Lipinski definition) is 0. The van der Waals surface area contributed by atoms with Gasteiger partial charge in [-0.25, -0.2) is 13.7 Å². The SMILES string of the molecule is Cc1cc(Cl)c2c(c1)N1CN([C@H](C)[C@]3(c4ccc(F)cc4F)CO3)[N+](=O)C1=CC2. The number of anilines is 1. The summed E-state index contributed by atoms with van der Waals surface area (Å²) in [5.74, 6) is -0.801. The zero-order valence-electron chi connectivity index (χ0n) is 16.0. The maximum Gasteiger partial charge on any atom is 0.346 e. The number of ether oxygens (including phenoxy) is 1. The first-order valence-electron chi connectivity index (χ1n) is 9.42. The second kappa shape index (κ2) is 6.24. The van der Waals surface area contributed by atoms with Gasteiger partial charge in [-0.3, -0.25) is 0 Å². The number of fused-ring (bicyclic) bond motifs is 3. The van der Waals surface area contributed by atoms with Crippen molar-refractivity contribution in [1.82, 2.24) is 5.01 Å². The Labute approximate surface area is 171 Å². The monoisotopic (exact) mass is 418 g/mol. The molecule has 0 spiro atoms. The Kier molecular flexibility index (Phi) is 3.98. The van der Waals surface area contributed by atoms with Crippen LogP contribution in [0, 0.1) is 23.5 Å². The van der Waals surface area contributed by atoms with Crippen LogP contribution in [0.4, 0.5) is 14.5 Å². The number of benzene rings is 2. The molecule has 0 N–H and O–H groups in total. The van der Waals surface area contributed by atoms with E-state index in [1.807, 2.05) is 37.0 Å². The number of nitrogens with zero attached hydrogens (tertiary/aromatic N) is 3. The van der Waals surface area contributed by atoms with E-state index in [9.17, 15) is 13.7 Å². The average Bonchev–Trinajstić information content (AvgIpc) is 3.39. The van der Waals surface area contributed by atoms with Gasteiger partial charge in [0, 0.05) is 34.7 Å². The summed E-state index contributed by atoms with van der Waals surface area (Å²) >= 11 is 6.41. The molecule has 2 aromatic carbocycles. The van der Waals surface area contributed by atoms with Crippen molar-refractivity contribution in [3.8, 4) is 0 Å². The lowest BCUT2D eigenvalue weighted by atomic mass is 9.92. The zero-order valence-corrected chi connectivity index (χ0v) is 16.7. The fourth-order valence-electron chi connectivity index (χ4n) is 4.34. The summed E-state index contributed by atoms with van der Waals surface area (Å²) in [4.78, 5) is 15.9. The highest BCUT2D eigenvalue weighted by Gasteiger charge is 2.60. The van der Waals surface area contributed by atoms with Crippen LogP contribution in [0.5, 0.6) is 0 Å². The van der Waals surface area contributed by atoms with Gasteiger partial charge >= 0.3 is 5.82 Å². The molecule has 2 fully saturated rings. The van der Waals surface area contributed by atoms with Crippen molar-refractivity contribution < 1.29 is 18.4 Å². The van der Waals surface area contributed by atoms with Gasteiger partial charge in [0.25, 0.3) is 0 Å². The Hall–Kier alpha value is -2.51. The predicted octanol–water partition coefficient (Wildman–Crippen LogP) is 4.41. The number of aryl methyl sites for hydroxylation is 1. The van der Waals surface area contributed by atoms with Crippen LogP contribution in [0.25, 0.3) is 0 Å². The van der Waals surface area contributed by atoms with E-state index in [0.717, 1.165) is 27.7 Å². The van der Waals surface area contributed by atoms with Gasteiger partial charge in [0.05, 0.1) is 11.5 Å². The van der Waals surface area contributed by atoms with Gasteiger partial charge in [0.15, 0.2) is 6.67 Å². The first-order valence-corrected chi connectivity index (χ1v) is 9.79. The van der Waals surface area contributed by atoms with Gasteiger partial charge < -0.3 is 4.74 Å². The second-order valence-electron chi connectivity index (χ2n) is 7.77. The molecule has 2 aromatic rings. The smallest absolute Gasteiger partial charge is 0.346 e. The highest BCUT2D eigenvalue weighted by molar-refractivity contribution is 6.32. The number of nitroso groups, excluding NO2 is 1. The maximum absolute atomic E-state index is 14.4. The molecule has 0 radical (unpaired) electrons. The normalized spacial score (nSPS) is 23.6. The minimum absolute atomic E-state index is 0.262. The highest BCUT2D eigenvalue weighted by atomic mass is 35.5. The van der Waals surface area contributed by atoms with E-state index in [-0.39, 0.29) is 18.8 Å². The standard InChI is InChI=1S/C21H19ClF2N3O2/c1-12-7-17(22)15-4-6-20-25(19(15)8-12)11-26(27(20)28)13(2)21(10-29-21)16-5-3-14(23)9-18(16)24/h3,5-9,13H,4,10-11H2,1-2H3/q+1/t13-,21+/m1/s1. The number of halogens is 3. The Bertz CT molecular complexity index is 1080. The fraction of sp³-hybridized carbons (Fsp3) is 0.333. The van der Waals surface area contributed by atoms with E-state index in [1.54, 1.807) is 5.01 Å². The molecule has 0 saturated carbocycles. The minimum atomic E-state index is -0.983. The highest BCUT2D eigenvalue weighted by Crippen LogP contribution is 2.47. The van der Waals surface area contributed by atoms with Gasteiger partial charge in [-0.2, -0.15) is 5.01 Å². The van der Waals surface area contributed by atoms with Gasteiger partial charge in [-0.1, -0.05) is 17.7 Å². The maximum atomic E-state index is 14.4. The van der Waals surface area contributed by atoms with Crippen LogP contribution >= 0.6 is 11.6 Å². The third-order valence-electron chi connectivity index (χ3n) is 6.05. The summed E-state index contributed by atoms with van der Waals surface area (Å²) in [6.07, 6.45) is 2.41. The molecule has 8 heteroatoms. The van der Waals surface area contributed by atoms with E-state index in [1.165, 1.54) is 12.1 Å². The lowest BCUT2D eigenvalue weighted by molar-refractivity contribution is -0.660. The Balaban J connectivity index is 1.50. The van der Waals surface area contributed by atoms with Gasteiger partial charge in [0.1, 0.15) is 29.0 Å². The van der Waals surface area contributed by atoms with E-state index in [2.05, 4.69) is 0 Å². The van der Waals surface area contributed by atoms with E-state index < -0.39 is 23.3 Å². The van der Waals surface area contributed by atoms with Gasteiger partial charge in [-0.15, -0.1) is 0 Å². The quantitative estimate of drug-likeness (QED) is 0.546. The molecule has 0 bridgehead atoms. The topological polar surface area (TPSA) is 39.1 Å². The largest absolute Gasteiger partial charge is 0.362 e. The number of hydrogen-bond acceptors (Lipinski definition) is 3. The first kappa shape index (κ1) is 18.5. The lowest BCUT2D eigenvalue weighted by Gasteiger charge is -2.25. The number of epoxide rings is 1. The molecular formula is C21H19ClF2N3O2+. The van der Waals surface area contributed by atoms with Crippen LogP contribution < -0.4 is 4.90 Å². The third kappa shape index (κ3) is 2.68. The Morgan fingerprint density at radius 3 is 2.72 bits per heavy atom. The molecule has 2 atom stereocenters. The van der Waals surface area contributed by atoms with E-state index in [4.69, 9.17) is 16.3 Å². The molecule has 2 saturated heterocycles. The fourth-order valence-corrected chi connectivity index (χ4v) is 4.69. The molecule has 29 heavy (non-hydrogen) atoms. The van der Waals surface area contributed by atoms with Crippen LogP contribution in [0.15, 0.2) is 42.2 Å². The third-order valence-corrected chi connectivity index (χ3v) is 6.39. The molecule has 0 unspecified atom stereocenters. The van der Waals surface area contributed by atoms with E-state index >= 15 is 0 Å². The number of hydrazine groups is 1. The van der Waals surface area contributed by atoms with Gasteiger partial charge in [0.2, 0.25) is 0 Å². The van der Waals surface area contributed by atoms with Crippen molar-refractivity contribution in [3.63, 3.8) is 0 Å². The Morgan fingerprint density at radius 2 is 2.03 bits per heavy atom. The minimum Gasteiger partial charge on any atom is -0.362 e. The molecule has 3 aliphatic rings. The molecule has 150 valence electrons. The molecule has 3 aliphatic heterocycles. The second-order valence-corrected chi connectivity index (χ2v) is 8.18. The first-order chi connectivity index (χ1) is 13.8. The summed E-state index contributed by atoms with van der Waals surface area (Å²) in [5, 5.41) is 2.28. The van der Waals surface area contributed by atoms with Crippen LogP contribution in [0.3, 0.4) is 0 Å². The van der Waals surface area contributed by atoms with Crippen molar-refractivity contribution in [2.24, 2.45) is 0 Å². The average molecular weight is 419 g/mol. The number of allylic oxidation sites excluding steroid dienone is 1. The van der Waals surface area contributed by atoms with Crippen molar-refractivity contribution in [3.05, 3.63) is 80.5 Å². The Morgan fingerprint density at radius 1 is 1.28 bits per heavy atom. The van der Waals surface area contributed by atoms with Crippen LogP contribution in [0.1, 0.15) is 23.6 Å². The summed E-state index contributed by atoms with van der Waals surface area (Å²) in [6, 6.07) is 6.91. The molecule has 5 nitrogen and oxygen atoms in total.